The molecular weight excluding hydrogens is 470 g/mol. The molecule has 0 bridgehead atoms. The van der Waals surface area contributed by atoms with E-state index in [4.69, 9.17) is 0 Å². The third-order valence-corrected chi connectivity index (χ3v) is 6.41. The number of pyridine rings is 1. The molecule has 37 heavy (non-hydrogen) atoms. The van der Waals surface area contributed by atoms with Crippen LogP contribution in [0.25, 0.3) is 11.3 Å². The van der Waals surface area contributed by atoms with Gasteiger partial charge < -0.3 is 25.1 Å². The van der Waals surface area contributed by atoms with Crippen LogP contribution in [0.5, 0.6) is 0 Å². The SMILES string of the molecule is CCN(C)C(=O)CN(C)c1ccc(NC(=C2C(=O)N(C)c3cc(C(=O)O)ncc32)c2ccccc2)cc1. The lowest BCUT2D eigenvalue weighted by Crippen LogP contribution is -2.36. The standard InChI is InChI=1S/C28H29N5O4/c1-5-31(2)24(34)17-32(3)20-13-11-19(12-14-20)30-26(18-9-7-6-8-10-18)25-21-16-29-22(28(36)37)15-23(21)33(4)27(25)35/h6-16,30H,5,17H2,1-4H3,(H,36,37). The van der Waals surface area contributed by atoms with Gasteiger partial charge in [0.25, 0.3) is 5.91 Å². The van der Waals surface area contributed by atoms with E-state index in [1.807, 2.05) is 73.5 Å². The average molecular weight is 500 g/mol. The molecule has 0 saturated carbocycles. The highest BCUT2D eigenvalue weighted by Gasteiger charge is 2.34. The molecule has 0 fully saturated rings. The highest BCUT2D eigenvalue weighted by atomic mass is 16.4. The lowest BCUT2D eigenvalue weighted by molar-refractivity contribution is -0.128. The van der Waals surface area contributed by atoms with E-state index in [1.165, 1.54) is 17.2 Å². The van der Waals surface area contributed by atoms with Crippen molar-refractivity contribution in [1.29, 1.82) is 0 Å². The van der Waals surface area contributed by atoms with Crippen LogP contribution in [0, 0.1) is 0 Å². The maximum absolute atomic E-state index is 13.4. The van der Waals surface area contributed by atoms with Crippen LogP contribution in [0.2, 0.25) is 0 Å². The summed E-state index contributed by atoms with van der Waals surface area (Å²) in [7, 11) is 5.26. The van der Waals surface area contributed by atoms with Gasteiger partial charge in [0, 0.05) is 50.8 Å². The van der Waals surface area contributed by atoms with E-state index in [0.29, 0.717) is 29.1 Å². The number of carbonyl (C=O) groups excluding carboxylic acids is 2. The quantitative estimate of drug-likeness (QED) is 0.456. The Balaban J connectivity index is 1.71. The van der Waals surface area contributed by atoms with Gasteiger partial charge in [0.2, 0.25) is 5.91 Å². The van der Waals surface area contributed by atoms with E-state index in [0.717, 1.165) is 16.9 Å². The molecule has 0 aliphatic carbocycles. The van der Waals surface area contributed by atoms with Gasteiger partial charge in [-0.15, -0.1) is 0 Å². The van der Waals surface area contributed by atoms with Crippen molar-refractivity contribution >= 4 is 46.1 Å². The Bertz CT molecular complexity index is 1370. The fourth-order valence-electron chi connectivity index (χ4n) is 4.08. The molecule has 4 rings (SSSR count). The molecule has 0 atom stereocenters. The highest BCUT2D eigenvalue weighted by Crippen LogP contribution is 2.40. The second-order valence-electron chi connectivity index (χ2n) is 8.81. The maximum atomic E-state index is 13.4. The summed E-state index contributed by atoms with van der Waals surface area (Å²) in [5.41, 5.74) is 4.33. The number of carboxylic acids is 1. The Morgan fingerprint density at radius 2 is 1.73 bits per heavy atom. The maximum Gasteiger partial charge on any atom is 0.354 e. The lowest BCUT2D eigenvalue weighted by Gasteiger charge is -2.23. The van der Waals surface area contributed by atoms with E-state index in [-0.39, 0.29) is 24.1 Å². The summed E-state index contributed by atoms with van der Waals surface area (Å²) < 4.78 is 0. The van der Waals surface area contributed by atoms with Gasteiger partial charge in [-0.05, 0) is 42.8 Å². The van der Waals surface area contributed by atoms with Gasteiger partial charge in [0.05, 0.1) is 23.5 Å². The van der Waals surface area contributed by atoms with E-state index in [2.05, 4.69) is 10.3 Å². The number of rotatable bonds is 8. The molecule has 2 N–H and O–H groups in total. The van der Waals surface area contributed by atoms with Crippen molar-refractivity contribution < 1.29 is 19.5 Å². The molecule has 2 heterocycles. The third-order valence-electron chi connectivity index (χ3n) is 6.41. The zero-order valence-electron chi connectivity index (χ0n) is 21.2. The number of amides is 2. The van der Waals surface area contributed by atoms with Gasteiger partial charge in [0.15, 0.2) is 0 Å². The van der Waals surface area contributed by atoms with E-state index >= 15 is 0 Å². The molecule has 3 aromatic rings. The fourth-order valence-corrected chi connectivity index (χ4v) is 4.08. The molecule has 2 amide bonds. The predicted molar refractivity (Wildman–Crippen MR) is 145 cm³/mol. The Hall–Kier alpha value is -4.66. The van der Waals surface area contributed by atoms with Gasteiger partial charge in [-0.3, -0.25) is 9.59 Å². The second-order valence-corrected chi connectivity index (χ2v) is 8.81. The highest BCUT2D eigenvalue weighted by molar-refractivity contribution is 6.38. The summed E-state index contributed by atoms with van der Waals surface area (Å²) in [5.74, 6) is -1.39. The minimum atomic E-state index is -1.16. The van der Waals surface area contributed by atoms with E-state index in [1.54, 1.807) is 19.0 Å². The molecule has 0 saturated heterocycles. The normalized spacial score (nSPS) is 13.7. The van der Waals surface area contributed by atoms with Gasteiger partial charge in [-0.2, -0.15) is 0 Å². The number of nitrogens with one attached hydrogen (secondary N) is 1. The summed E-state index contributed by atoms with van der Waals surface area (Å²) >= 11 is 0. The summed E-state index contributed by atoms with van der Waals surface area (Å²) in [6.07, 6.45) is 1.43. The Morgan fingerprint density at radius 1 is 1.05 bits per heavy atom. The predicted octanol–water partition coefficient (Wildman–Crippen LogP) is 3.65. The van der Waals surface area contributed by atoms with Gasteiger partial charge in [0.1, 0.15) is 5.69 Å². The first kappa shape index (κ1) is 25.4. The van der Waals surface area contributed by atoms with Crippen LogP contribution >= 0.6 is 0 Å². The first-order valence-electron chi connectivity index (χ1n) is 11.8. The van der Waals surface area contributed by atoms with Crippen molar-refractivity contribution in [3.8, 4) is 0 Å². The summed E-state index contributed by atoms with van der Waals surface area (Å²) in [5, 5.41) is 12.7. The number of likely N-dealkylation sites (N-methyl/N-ethyl adjacent to an activating group) is 3. The Kier molecular flexibility index (Phi) is 7.24. The number of aromatic carboxylic acids is 1. The Morgan fingerprint density at radius 3 is 2.35 bits per heavy atom. The summed E-state index contributed by atoms with van der Waals surface area (Å²) in [6, 6.07) is 18.5. The fraction of sp³-hybridized carbons (Fsp3) is 0.214. The van der Waals surface area contributed by atoms with Crippen LogP contribution in [0.3, 0.4) is 0 Å². The third kappa shape index (κ3) is 5.16. The van der Waals surface area contributed by atoms with Crippen molar-refractivity contribution in [2.24, 2.45) is 0 Å². The molecule has 1 aromatic heterocycles. The molecule has 190 valence electrons. The lowest BCUT2D eigenvalue weighted by atomic mass is 10.0. The van der Waals surface area contributed by atoms with Crippen molar-refractivity contribution in [1.82, 2.24) is 9.88 Å². The second kappa shape index (κ2) is 10.5. The van der Waals surface area contributed by atoms with E-state index < -0.39 is 5.97 Å². The number of carbonyl (C=O) groups is 3. The number of anilines is 3. The van der Waals surface area contributed by atoms with Crippen molar-refractivity contribution in [2.45, 2.75) is 6.92 Å². The van der Waals surface area contributed by atoms with Crippen molar-refractivity contribution in [2.75, 3.05) is 49.3 Å². The number of carboxylic acid groups (broad SMARTS) is 1. The Labute approximate surface area is 215 Å². The first-order chi connectivity index (χ1) is 17.7. The van der Waals surface area contributed by atoms with Crippen molar-refractivity contribution in [3.05, 3.63) is 83.7 Å². The zero-order valence-corrected chi connectivity index (χ0v) is 21.2. The number of benzene rings is 2. The van der Waals surface area contributed by atoms with Crippen LogP contribution < -0.4 is 15.1 Å². The number of aromatic nitrogens is 1. The molecule has 1 aliphatic heterocycles. The van der Waals surface area contributed by atoms with Crippen molar-refractivity contribution in [3.63, 3.8) is 0 Å². The number of hydrogen-bond donors (Lipinski definition) is 2. The monoisotopic (exact) mass is 499 g/mol. The largest absolute Gasteiger partial charge is 0.477 e. The molecule has 0 spiro atoms. The molecule has 9 heteroatoms. The van der Waals surface area contributed by atoms with Crippen LogP contribution in [-0.4, -0.2) is 67.0 Å². The van der Waals surface area contributed by atoms with Crippen LogP contribution in [0.4, 0.5) is 17.1 Å². The minimum absolute atomic E-state index is 0.0329. The average Bonchev–Trinajstić information content (AvgIpc) is 3.16. The van der Waals surface area contributed by atoms with Crippen LogP contribution in [-0.2, 0) is 9.59 Å². The summed E-state index contributed by atoms with van der Waals surface area (Å²) in [6.45, 7) is 2.85. The minimum Gasteiger partial charge on any atom is -0.477 e. The molecule has 2 aromatic carbocycles. The molecular formula is C28H29N5O4. The van der Waals surface area contributed by atoms with Gasteiger partial charge in [-0.25, -0.2) is 9.78 Å². The van der Waals surface area contributed by atoms with Gasteiger partial charge >= 0.3 is 5.97 Å². The zero-order chi connectivity index (χ0) is 26.7. The van der Waals surface area contributed by atoms with E-state index in [9.17, 15) is 19.5 Å². The number of nitrogens with zero attached hydrogens (tertiary/aromatic N) is 4. The number of hydrogen-bond acceptors (Lipinski definition) is 6. The summed E-state index contributed by atoms with van der Waals surface area (Å²) in [4.78, 5) is 46.1. The molecule has 1 aliphatic rings. The van der Waals surface area contributed by atoms with Crippen LogP contribution in [0.1, 0.15) is 28.5 Å². The number of fused-ring (bicyclic) bond motifs is 1. The van der Waals surface area contributed by atoms with Gasteiger partial charge in [-0.1, -0.05) is 30.3 Å². The molecule has 0 radical (unpaired) electrons. The molecule has 0 unspecified atom stereocenters. The first-order valence-corrected chi connectivity index (χ1v) is 11.8. The topological polar surface area (TPSA) is 106 Å². The van der Waals surface area contributed by atoms with Crippen LogP contribution in [0.15, 0.2) is 66.9 Å². The smallest absolute Gasteiger partial charge is 0.354 e. The molecule has 9 nitrogen and oxygen atoms in total.